The summed E-state index contributed by atoms with van der Waals surface area (Å²) >= 11 is 12.0. The molecule has 0 aliphatic rings. The predicted octanol–water partition coefficient (Wildman–Crippen LogP) is 5.67. The molecule has 174 valence electrons. The van der Waals surface area contributed by atoms with Crippen LogP contribution in [-0.4, -0.2) is 35.0 Å². The molecule has 0 saturated carbocycles. The van der Waals surface area contributed by atoms with Crippen molar-refractivity contribution in [2.75, 3.05) is 18.4 Å². The smallest absolute Gasteiger partial charge is 0.254 e. The van der Waals surface area contributed by atoms with Gasteiger partial charge in [-0.3, -0.25) is 9.59 Å². The molecule has 0 atom stereocenters. The zero-order chi connectivity index (χ0) is 24.0. The van der Waals surface area contributed by atoms with Crippen LogP contribution in [0, 0.1) is 13.8 Å². The highest BCUT2D eigenvalue weighted by molar-refractivity contribution is 6.36. The lowest BCUT2D eigenvalue weighted by Crippen LogP contribution is -2.38. The second-order valence-corrected chi connectivity index (χ2v) is 8.36. The van der Waals surface area contributed by atoms with E-state index in [1.165, 1.54) is 4.90 Å². The van der Waals surface area contributed by atoms with Gasteiger partial charge in [0.05, 0.1) is 22.0 Å². The topological polar surface area (TPSA) is 84.7 Å². The number of nitrogens with one attached hydrogen (secondary N) is 1. The molecule has 0 aliphatic carbocycles. The highest BCUT2D eigenvalue weighted by Crippen LogP contribution is 2.25. The molecule has 3 aromatic rings. The summed E-state index contributed by atoms with van der Waals surface area (Å²) in [4.78, 5) is 27.1. The summed E-state index contributed by atoms with van der Waals surface area (Å²) < 4.78 is 10.9. The number of anilines is 1. The van der Waals surface area contributed by atoms with E-state index < -0.39 is 0 Å². The van der Waals surface area contributed by atoms with E-state index in [1.807, 2.05) is 20.8 Å². The fourth-order valence-electron chi connectivity index (χ4n) is 3.22. The Labute approximate surface area is 202 Å². The number of ether oxygens (including phenoxy) is 1. The largest absolute Gasteiger partial charge is 0.489 e. The van der Waals surface area contributed by atoms with Gasteiger partial charge in [0, 0.05) is 17.1 Å². The second-order valence-electron chi connectivity index (χ2n) is 7.51. The molecule has 3 rings (SSSR count). The number of rotatable bonds is 9. The maximum Gasteiger partial charge on any atom is 0.254 e. The lowest BCUT2D eigenvalue weighted by Gasteiger charge is -2.22. The van der Waals surface area contributed by atoms with Gasteiger partial charge in [0.25, 0.3) is 5.91 Å². The Balaban J connectivity index is 1.63. The lowest BCUT2D eigenvalue weighted by molar-refractivity contribution is -0.116. The molecule has 1 heterocycles. The molecule has 0 radical (unpaired) electrons. The number of hydrogen-bond donors (Lipinski definition) is 1. The van der Waals surface area contributed by atoms with Gasteiger partial charge in [0.15, 0.2) is 0 Å². The van der Waals surface area contributed by atoms with Crippen LogP contribution in [0.5, 0.6) is 5.75 Å². The monoisotopic (exact) mass is 489 g/mol. The standard InChI is InChI=1S/C24H25Cl2N3O4/c1-4-11-29(13-23(30)27-22-10-7-18(25)12-21(22)26)24(31)17-5-8-19(9-6-17)32-14-20-15(2)28-33-16(20)3/h5-10,12H,4,11,13-14H2,1-3H3,(H,27,30). The molecule has 1 aromatic heterocycles. The van der Waals surface area contributed by atoms with Crippen LogP contribution in [-0.2, 0) is 11.4 Å². The van der Waals surface area contributed by atoms with Crippen molar-refractivity contribution in [1.29, 1.82) is 0 Å². The number of nitrogens with zero attached hydrogens (tertiary/aromatic N) is 2. The van der Waals surface area contributed by atoms with Crippen molar-refractivity contribution in [3.8, 4) is 5.75 Å². The Hall–Kier alpha value is -3.03. The summed E-state index contributed by atoms with van der Waals surface area (Å²) in [7, 11) is 0. The number of amides is 2. The molecule has 0 aliphatic heterocycles. The predicted molar refractivity (Wildman–Crippen MR) is 128 cm³/mol. The van der Waals surface area contributed by atoms with Crippen LogP contribution >= 0.6 is 23.2 Å². The number of carbonyl (C=O) groups excluding carboxylic acids is 2. The van der Waals surface area contributed by atoms with Crippen molar-refractivity contribution in [2.24, 2.45) is 0 Å². The highest BCUT2D eigenvalue weighted by Gasteiger charge is 2.19. The fraction of sp³-hybridized carbons (Fsp3) is 0.292. The second kappa shape index (κ2) is 11.2. The van der Waals surface area contributed by atoms with Crippen LogP contribution in [0.4, 0.5) is 5.69 Å². The van der Waals surface area contributed by atoms with Crippen LogP contribution in [0.25, 0.3) is 0 Å². The molecule has 0 spiro atoms. The van der Waals surface area contributed by atoms with E-state index in [-0.39, 0.29) is 18.4 Å². The summed E-state index contributed by atoms with van der Waals surface area (Å²) in [6.07, 6.45) is 0.708. The fourth-order valence-corrected chi connectivity index (χ4v) is 3.67. The average molecular weight is 490 g/mol. The Bertz CT molecular complexity index is 1110. The molecule has 0 saturated heterocycles. The van der Waals surface area contributed by atoms with Gasteiger partial charge < -0.3 is 19.5 Å². The molecule has 1 N–H and O–H groups in total. The minimum Gasteiger partial charge on any atom is -0.489 e. The SMILES string of the molecule is CCCN(CC(=O)Nc1ccc(Cl)cc1Cl)C(=O)c1ccc(OCc2c(C)noc2C)cc1. The molecule has 7 nitrogen and oxygen atoms in total. The quantitative estimate of drug-likeness (QED) is 0.418. The van der Waals surface area contributed by atoms with Crippen molar-refractivity contribution in [2.45, 2.75) is 33.8 Å². The number of aryl methyl sites for hydroxylation is 2. The Morgan fingerprint density at radius 3 is 2.45 bits per heavy atom. The molecule has 0 unspecified atom stereocenters. The van der Waals surface area contributed by atoms with Crippen LogP contribution in [0.2, 0.25) is 10.0 Å². The summed E-state index contributed by atoms with van der Waals surface area (Å²) in [5, 5.41) is 7.44. The Morgan fingerprint density at radius 2 is 1.85 bits per heavy atom. The van der Waals surface area contributed by atoms with Crippen molar-refractivity contribution in [3.05, 3.63) is 75.1 Å². The third-order valence-electron chi connectivity index (χ3n) is 4.99. The van der Waals surface area contributed by atoms with Crippen molar-refractivity contribution < 1.29 is 18.8 Å². The van der Waals surface area contributed by atoms with E-state index in [0.717, 1.165) is 11.3 Å². The normalized spacial score (nSPS) is 10.7. The third kappa shape index (κ3) is 6.49. The van der Waals surface area contributed by atoms with Gasteiger partial charge >= 0.3 is 0 Å². The molecule has 33 heavy (non-hydrogen) atoms. The minimum absolute atomic E-state index is 0.101. The van der Waals surface area contributed by atoms with Crippen LogP contribution < -0.4 is 10.1 Å². The van der Waals surface area contributed by atoms with Gasteiger partial charge in [-0.25, -0.2) is 0 Å². The van der Waals surface area contributed by atoms with E-state index in [1.54, 1.807) is 42.5 Å². The number of hydrogen-bond acceptors (Lipinski definition) is 5. The first kappa shape index (κ1) is 24.6. The lowest BCUT2D eigenvalue weighted by atomic mass is 10.1. The van der Waals surface area contributed by atoms with Gasteiger partial charge in [-0.2, -0.15) is 0 Å². The van der Waals surface area contributed by atoms with Crippen LogP contribution in [0.15, 0.2) is 47.0 Å². The Morgan fingerprint density at radius 1 is 1.12 bits per heavy atom. The number of carbonyl (C=O) groups is 2. The summed E-state index contributed by atoms with van der Waals surface area (Å²) in [6, 6.07) is 11.6. The minimum atomic E-state index is -0.347. The van der Waals surface area contributed by atoms with Crippen LogP contribution in [0.3, 0.4) is 0 Å². The van der Waals surface area contributed by atoms with Gasteiger partial charge in [0.1, 0.15) is 24.7 Å². The zero-order valence-corrected chi connectivity index (χ0v) is 20.2. The Kier molecular flexibility index (Phi) is 8.36. The molecule has 0 bridgehead atoms. The molecule has 2 amide bonds. The number of benzene rings is 2. The first-order valence-corrected chi connectivity index (χ1v) is 11.2. The van der Waals surface area contributed by atoms with E-state index in [0.29, 0.717) is 52.4 Å². The van der Waals surface area contributed by atoms with Gasteiger partial charge in [-0.1, -0.05) is 35.3 Å². The maximum atomic E-state index is 13.0. The summed E-state index contributed by atoms with van der Waals surface area (Å²) in [6.45, 7) is 6.29. The van der Waals surface area contributed by atoms with E-state index in [2.05, 4.69) is 10.5 Å². The number of halogens is 2. The van der Waals surface area contributed by atoms with Crippen LogP contribution in [0.1, 0.15) is 40.7 Å². The zero-order valence-electron chi connectivity index (χ0n) is 18.7. The first-order valence-electron chi connectivity index (χ1n) is 10.5. The number of aromatic nitrogens is 1. The van der Waals surface area contributed by atoms with E-state index in [9.17, 15) is 9.59 Å². The van der Waals surface area contributed by atoms with Crippen molar-refractivity contribution in [1.82, 2.24) is 10.1 Å². The van der Waals surface area contributed by atoms with Crippen molar-refractivity contribution >= 4 is 40.7 Å². The highest BCUT2D eigenvalue weighted by atomic mass is 35.5. The first-order chi connectivity index (χ1) is 15.8. The summed E-state index contributed by atoms with van der Waals surface area (Å²) in [5.74, 6) is 0.739. The molecular weight excluding hydrogens is 465 g/mol. The van der Waals surface area contributed by atoms with Crippen molar-refractivity contribution in [3.63, 3.8) is 0 Å². The molecule has 2 aromatic carbocycles. The van der Waals surface area contributed by atoms with Gasteiger partial charge in [0.2, 0.25) is 5.91 Å². The maximum absolute atomic E-state index is 13.0. The summed E-state index contributed by atoms with van der Waals surface area (Å²) in [5.41, 5.74) is 2.59. The molecule has 9 heteroatoms. The average Bonchev–Trinajstić information content (AvgIpc) is 3.11. The molecule has 0 fully saturated rings. The molecular formula is C24H25Cl2N3O4. The van der Waals surface area contributed by atoms with Gasteiger partial charge in [-0.15, -0.1) is 0 Å². The third-order valence-corrected chi connectivity index (χ3v) is 5.53. The van der Waals surface area contributed by atoms with E-state index in [4.69, 9.17) is 32.5 Å². The van der Waals surface area contributed by atoms with Gasteiger partial charge in [-0.05, 0) is 62.7 Å². The van der Waals surface area contributed by atoms with E-state index >= 15 is 0 Å².